The zero-order valence-corrected chi connectivity index (χ0v) is 11.9. The van der Waals surface area contributed by atoms with Crippen molar-refractivity contribution in [2.75, 3.05) is 19.8 Å². The van der Waals surface area contributed by atoms with Crippen LogP contribution in [0.25, 0.3) is 0 Å². The van der Waals surface area contributed by atoms with Gasteiger partial charge < -0.3 is 10.1 Å². The first-order valence-corrected chi connectivity index (χ1v) is 6.85. The summed E-state index contributed by atoms with van der Waals surface area (Å²) in [6, 6.07) is 0.586. The molecule has 98 valence electrons. The minimum atomic E-state index is 0.441. The van der Waals surface area contributed by atoms with Gasteiger partial charge in [-0.05, 0) is 31.6 Å². The van der Waals surface area contributed by atoms with Crippen LogP contribution >= 0.6 is 0 Å². The van der Waals surface area contributed by atoms with Crippen molar-refractivity contribution in [2.45, 2.75) is 66.3 Å². The summed E-state index contributed by atoms with van der Waals surface area (Å²) in [5.41, 5.74) is 0.441. The molecule has 0 aromatic carbocycles. The van der Waals surface area contributed by atoms with Gasteiger partial charge in [0.25, 0.3) is 0 Å². The van der Waals surface area contributed by atoms with Crippen molar-refractivity contribution < 1.29 is 4.74 Å². The highest BCUT2D eigenvalue weighted by Crippen LogP contribution is 2.28. The Hall–Kier alpha value is -0.0800. The minimum absolute atomic E-state index is 0.441. The van der Waals surface area contributed by atoms with Crippen molar-refractivity contribution in [2.24, 2.45) is 5.41 Å². The third-order valence-electron chi connectivity index (χ3n) is 3.06. The lowest BCUT2D eigenvalue weighted by atomic mass is 9.81. The second kappa shape index (κ2) is 9.00. The second-order valence-corrected chi connectivity index (χ2v) is 5.40. The molecule has 1 N–H and O–H groups in total. The van der Waals surface area contributed by atoms with Crippen LogP contribution in [-0.4, -0.2) is 25.8 Å². The first-order chi connectivity index (χ1) is 7.54. The summed E-state index contributed by atoms with van der Waals surface area (Å²) in [7, 11) is 0. The van der Waals surface area contributed by atoms with E-state index in [9.17, 15) is 0 Å². The van der Waals surface area contributed by atoms with Gasteiger partial charge in [0.15, 0.2) is 0 Å². The summed E-state index contributed by atoms with van der Waals surface area (Å²) >= 11 is 0. The van der Waals surface area contributed by atoms with Gasteiger partial charge in [0, 0.05) is 25.8 Å². The van der Waals surface area contributed by atoms with E-state index in [4.69, 9.17) is 4.74 Å². The van der Waals surface area contributed by atoms with E-state index in [1.807, 2.05) is 0 Å². The Morgan fingerprint density at radius 1 is 1.19 bits per heavy atom. The van der Waals surface area contributed by atoms with Gasteiger partial charge in [-0.3, -0.25) is 0 Å². The molecule has 0 bridgehead atoms. The molecule has 1 unspecified atom stereocenters. The lowest BCUT2D eigenvalue weighted by Gasteiger charge is -2.30. The summed E-state index contributed by atoms with van der Waals surface area (Å²) < 4.78 is 5.41. The molecule has 0 saturated heterocycles. The van der Waals surface area contributed by atoms with Crippen LogP contribution < -0.4 is 5.32 Å². The van der Waals surface area contributed by atoms with Crippen LogP contribution in [0.5, 0.6) is 0 Å². The Labute approximate surface area is 102 Å². The predicted octanol–water partition coefficient (Wildman–Crippen LogP) is 3.61. The summed E-state index contributed by atoms with van der Waals surface area (Å²) in [5, 5.41) is 3.57. The standard InChI is InChI=1S/C14H31NO/c1-6-9-14(5,12-15-13(3)4)10-8-11-16-7-2/h13,15H,6-12H2,1-5H3. The van der Waals surface area contributed by atoms with Crippen molar-refractivity contribution in [1.82, 2.24) is 5.32 Å². The molecular weight excluding hydrogens is 198 g/mol. The molecule has 16 heavy (non-hydrogen) atoms. The average molecular weight is 229 g/mol. The monoisotopic (exact) mass is 229 g/mol. The van der Waals surface area contributed by atoms with Gasteiger partial charge in [-0.2, -0.15) is 0 Å². The first-order valence-electron chi connectivity index (χ1n) is 6.85. The summed E-state index contributed by atoms with van der Waals surface area (Å²) in [6.07, 6.45) is 5.02. The van der Waals surface area contributed by atoms with Crippen LogP contribution in [0, 0.1) is 5.41 Å². The molecule has 0 aliphatic heterocycles. The van der Waals surface area contributed by atoms with E-state index in [2.05, 4.69) is 39.9 Å². The average Bonchev–Trinajstić information content (AvgIpc) is 2.22. The molecule has 0 fully saturated rings. The third-order valence-corrected chi connectivity index (χ3v) is 3.06. The molecule has 0 amide bonds. The van der Waals surface area contributed by atoms with E-state index >= 15 is 0 Å². The maximum Gasteiger partial charge on any atom is 0.0466 e. The Morgan fingerprint density at radius 3 is 2.38 bits per heavy atom. The highest BCUT2D eigenvalue weighted by atomic mass is 16.5. The quantitative estimate of drug-likeness (QED) is 0.578. The lowest BCUT2D eigenvalue weighted by Crippen LogP contribution is -2.35. The Kier molecular flexibility index (Phi) is 8.96. The molecule has 0 saturated carbocycles. The van der Waals surface area contributed by atoms with Gasteiger partial charge in [0.05, 0.1) is 0 Å². The van der Waals surface area contributed by atoms with Gasteiger partial charge >= 0.3 is 0 Å². The van der Waals surface area contributed by atoms with Crippen LogP contribution in [0.2, 0.25) is 0 Å². The van der Waals surface area contributed by atoms with E-state index in [0.717, 1.165) is 19.8 Å². The van der Waals surface area contributed by atoms with E-state index in [0.29, 0.717) is 11.5 Å². The minimum Gasteiger partial charge on any atom is -0.382 e. The zero-order chi connectivity index (χ0) is 12.4. The van der Waals surface area contributed by atoms with Crippen molar-refractivity contribution in [3.8, 4) is 0 Å². The van der Waals surface area contributed by atoms with Crippen molar-refractivity contribution >= 4 is 0 Å². The smallest absolute Gasteiger partial charge is 0.0466 e. The zero-order valence-electron chi connectivity index (χ0n) is 11.9. The molecule has 0 aromatic heterocycles. The van der Waals surface area contributed by atoms with Crippen LogP contribution in [0.3, 0.4) is 0 Å². The number of rotatable bonds is 10. The third kappa shape index (κ3) is 8.12. The van der Waals surface area contributed by atoms with Gasteiger partial charge in [-0.25, -0.2) is 0 Å². The fourth-order valence-electron chi connectivity index (χ4n) is 2.10. The number of ether oxygens (including phenoxy) is 1. The molecule has 0 heterocycles. The summed E-state index contributed by atoms with van der Waals surface area (Å²) in [5.74, 6) is 0. The van der Waals surface area contributed by atoms with Crippen molar-refractivity contribution in [3.63, 3.8) is 0 Å². The van der Waals surface area contributed by atoms with Gasteiger partial charge in [0.1, 0.15) is 0 Å². The van der Waals surface area contributed by atoms with E-state index in [-0.39, 0.29) is 0 Å². The molecule has 2 heteroatoms. The van der Waals surface area contributed by atoms with Crippen LogP contribution in [0.1, 0.15) is 60.3 Å². The van der Waals surface area contributed by atoms with Crippen LogP contribution in [0.15, 0.2) is 0 Å². The van der Waals surface area contributed by atoms with E-state index < -0.39 is 0 Å². The van der Waals surface area contributed by atoms with Crippen molar-refractivity contribution in [1.29, 1.82) is 0 Å². The van der Waals surface area contributed by atoms with Gasteiger partial charge in [-0.15, -0.1) is 0 Å². The summed E-state index contributed by atoms with van der Waals surface area (Å²) in [4.78, 5) is 0. The number of nitrogens with one attached hydrogen (secondary N) is 1. The van der Waals surface area contributed by atoms with Gasteiger partial charge in [0.2, 0.25) is 0 Å². The highest BCUT2D eigenvalue weighted by Gasteiger charge is 2.22. The lowest BCUT2D eigenvalue weighted by molar-refractivity contribution is 0.126. The molecular formula is C14H31NO. The maximum atomic E-state index is 5.41. The Balaban J connectivity index is 3.90. The van der Waals surface area contributed by atoms with Crippen molar-refractivity contribution in [3.05, 3.63) is 0 Å². The fraction of sp³-hybridized carbons (Fsp3) is 1.00. The predicted molar refractivity (Wildman–Crippen MR) is 71.9 cm³/mol. The van der Waals surface area contributed by atoms with Crippen LogP contribution in [0.4, 0.5) is 0 Å². The molecule has 0 radical (unpaired) electrons. The first kappa shape index (κ1) is 15.9. The normalized spacial score (nSPS) is 15.4. The fourth-order valence-corrected chi connectivity index (χ4v) is 2.10. The molecule has 0 aliphatic carbocycles. The van der Waals surface area contributed by atoms with E-state index in [1.54, 1.807) is 0 Å². The molecule has 0 rings (SSSR count). The summed E-state index contributed by atoms with van der Waals surface area (Å²) in [6.45, 7) is 14.1. The SMILES string of the molecule is CCCC(C)(CCCOCC)CNC(C)C. The van der Waals surface area contributed by atoms with Crippen LogP contribution in [-0.2, 0) is 4.74 Å². The number of hydrogen-bond donors (Lipinski definition) is 1. The Morgan fingerprint density at radius 2 is 1.88 bits per heavy atom. The topological polar surface area (TPSA) is 21.3 Å². The Bertz CT molecular complexity index is 159. The molecule has 1 atom stereocenters. The molecule has 0 spiro atoms. The second-order valence-electron chi connectivity index (χ2n) is 5.40. The van der Waals surface area contributed by atoms with Gasteiger partial charge in [-0.1, -0.05) is 34.1 Å². The molecule has 0 aromatic rings. The molecule has 2 nitrogen and oxygen atoms in total. The molecule has 0 aliphatic rings. The number of hydrogen-bond acceptors (Lipinski definition) is 2. The van der Waals surface area contributed by atoms with E-state index in [1.165, 1.54) is 25.7 Å². The largest absolute Gasteiger partial charge is 0.382 e. The maximum absolute atomic E-state index is 5.41. The highest BCUT2D eigenvalue weighted by molar-refractivity contribution is 4.77.